The van der Waals surface area contributed by atoms with E-state index in [1.54, 1.807) is 0 Å². The van der Waals surface area contributed by atoms with E-state index in [9.17, 15) is 4.79 Å². The van der Waals surface area contributed by atoms with Gasteiger partial charge in [-0.1, -0.05) is 0 Å². The molecule has 0 aliphatic heterocycles. The summed E-state index contributed by atoms with van der Waals surface area (Å²) in [5.74, 6) is 0.686. The van der Waals surface area contributed by atoms with Gasteiger partial charge in [0, 0.05) is 0 Å². The largest absolute Gasteiger partial charge is 0.509 e. The number of hydrogen-bond donors (Lipinski definition) is 0. The molecule has 0 saturated heterocycles. The van der Waals surface area contributed by atoms with Crippen LogP contribution in [0.3, 0.4) is 0 Å². The van der Waals surface area contributed by atoms with Crippen molar-refractivity contribution in [3.63, 3.8) is 0 Å². The van der Waals surface area contributed by atoms with Gasteiger partial charge in [0.2, 0.25) is 0 Å². The second kappa shape index (κ2) is 5.87. The first-order valence-corrected chi connectivity index (χ1v) is 7.75. The standard InChI is InChI=1S/C13H20Cl2O3/c14-9-12(5-1-2-6-12)17-11(16)18-13(10-15)7-3-4-8-13/h1-10H2. The molecule has 2 rings (SSSR count). The molecule has 0 bridgehead atoms. The quantitative estimate of drug-likeness (QED) is 0.574. The SMILES string of the molecule is O=C(OC1(CCl)CCCC1)OC1(CCl)CCCC1. The molecule has 0 aromatic rings. The molecule has 3 nitrogen and oxygen atoms in total. The Morgan fingerprint density at radius 2 is 1.17 bits per heavy atom. The van der Waals surface area contributed by atoms with Crippen molar-refractivity contribution in [2.24, 2.45) is 0 Å². The first-order valence-electron chi connectivity index (χ1n) is 6.68. The predicted octanol–water partition coefficient (Wildman–Crippen LogP) is 4.24. The highest BCUT2D eigenvalue weighted by atomic mass is 35.5. The zero-order chi connectivity index (χ0) is 13.1. The normalized spacial score (nSPS) is 25.0. The molecule has 0 heterocycles. The summed E-state index contributed by atoms with van der Waals surface area (Å²) in [6.45, 7) is 0. The molecule has 2 fully saturated rings. The zero-order valence-corrected chi connectivity index (χ0v) is 12.1. The zero-order valence-electron chi connectivity index (χ0n) is 10.6. The van der Waals surface area contributed by atoms with E-state index in [0.29, 0.717) is 11.8 Å². The molecule has 104 valence electrons. The Balaban J connectivity index is 1.91. The van der Waals surface area contributed by atoms with Crippen molar-refractivity contribution in [3.8, 4) is 0 Å². The molecule has 18 heavy (non-hydrogen) atoms. The van der Waals surface area contributed by atoms with Gasteiger partial charge in [0.15, 0.2) is 0 Å². The summed E-state index contributed by atoms with van der Waals surface area (Å²) in [4.78, 5) is 11.9. The van der Waals surface area contributed by atoms with Gasteiger partial charge in [-0.25, -0.2) is 4.79 Å². The van der Waals surface area contributed by atoms with Gasteiger partial charge in [-0.05, 0) is 51.4 Å². The van der Waals surface area contributed by atoms with Gasteiger partial charge in [-0.2, -0.15) is 0 Å². The van der Waals surface area contributed by atoms with E-state index in [2.05, 4.69) is 0 Å². The third kappa shape index (κ3) is 3.05. The van der Waals surface area contributed by atoms with Crippen molar-refractivity contribution in [1.29, 1.82) is 0 Å². The maximum absolute atomic E-state index is 11.9. The van der Waals surface area contributed by atoms with Gasteiger partial charge in [0.05, 0.1) is 11.8 Å². The van der Waals surface area contributed by atoms with Gasteiger partial charge in [0.1, 0.15) is 11.2 Å². The van der Waals surface area contributed by atoms with Crippen LogP contribution in [0.4, 0.5) is 4.79 Å². The third-order valence-corrected chi connectivity index (χ3v) is 5.09. The Hall–Kier alpha value is -0.150. The molecule has 0 spiro atoms. The molecule has 2 saturated carbocycles. The molecule has 0 unspecified atom stereocenters. The van der Waals surface area contributed by atoms with Crippen LogP contribution in [0.15, 0.2) is 0 Å². The maximum atomic E-state index is 11.9. The molecule has 0 N–H and O–H groups in total. The van der Waals surface area contributed by atoms with E-state index in [4.69, 9.17) is 32.7 Å². The summed E-state index contributed by atoms with van der Waals surface area (Å²) in [5, 5.41) is 0. The van der Waals surface area contributed by atoms with Crippen molar-refractivity contribution in [2.75, 3.05) is 11.8 Å². The van der Waals surface area contributed by atoms with Gasteiger partial charge in [-0.3, -0.25) is 0 Å². The number of hydrogen-bond acceptors (Lipinski definition) is 3. The Bertz CT molecular complexity index is 267. The number of rotatable bonds is 4. The molecule has 0 atom stereocenters. The van der Waals surface area contributed by atoms with Gasteiger partial charge in [-0.15, -0.1) is 23.2 Å². The van der Waals surface area contributed by atoms with Crippen LogP contribution in [0.25, 0.3) is 0 Å². The van der Waals surface area contributed by atoms with E-state index in [1.165, 1.54) is 0 Å². The first kappa shape index (κ1) is 14.3. The fourth-order valence-corrected chi connectivity index (χ4v) is 3.58. The lowest BCUT2D eigenvalue weighted by Gasteiger charge is -2.30. The topological polar surface area (TPSA) is 35.5 Å². The van der Waals surface area contributed by atoms with Crippen molar-refractivity contribution in [2.45, 2.75) is 62.6 Å². The highest BCUT2D eigenvalue weighted by Crippen LogP contribution is 2.38. The summed E-state index contributed by atoms with van der Waals surface area (Å²) < 4.78 is 11.0. The molecule has 0 amide bonds. The number of carbonyl (C=O) groups is 1. The molecular formula is C13H20Cl2O3. The van der Waals surface area contributed by atoms with Crippen molar-refractivity contribution >= 4 is 29.4 Å². The van der Waals surface area contributed by atoms with E-state index >= 15 is 0 Å². The van der Waals surface area contributed by atoms with Crippen molar-refractivity contribution in [1.82, 2.24) is 0 Å². The number of alkyl halides is 2. The van der Waals surface area contributed by atoms with E-state index in [0.717, 1.165) is 51.4 Å². The molecule has 0 aromatic carbocycles. The summed E-state index contributed by atoms with van der Waals surface area (Å²) in [6.07, 6.45) is 6.96. The summed E-state index contributed by atoms with van der Waals surface area (Å²) in [7, 11) is 0. The van der Waals surface area contributed by atoms with Crippen LogP contribution in [0, 0.1) is 0 Å². The minimum absolute atomic E-state index is 0.343. The lowest BCUT2D eigenvalue weighted by Crippen LogP contribution is -2.39. The number of halogens is 2. The van der Waals surface area contributed by atoms with Crippen LogP contribution in [-0.2, 0) is 9.47 Å². The smallest absolute Gasteiger partial charge is 0.426 e. The first-order chi connectivity index (χ1) is 8.64. The van der Waals surface area contributed by atoms with E-state index in [1.807, 2.05) is 0 Å². The Morgan fingerprint density at radius 3 is 1.44 bits per heavy atom. The summed E-state index contributed by atoms with van der Waals surface area (Å²) >= 11 is 11.9. The average Bonchev–Trinajstić information content (AvgIpc) is 3.00. The fourth-order valence-electron chi connectivity index (χ4n) is 2.94. The average molecular weight is 295 g/mol. The van der Waals surface area contributed by atoms with Gasteiger partial charge < -0.3 is 9.47 Å². The molecular weight excluding hydrogens is 275 g/mol. The van der Waals surface area contributed by atoms with E-state index in [-0.39, 0.29) is 0 Å². The second-order valence-electron chi connectivity index (χ2n) is 5.50. The third-order valence-electron chi connectivity index (χ3n) is 4.12. The van der Waals surface area contributed by atoms with Crippen molar-refractivity contribution < 1.29 is 14.3 Å². The van der Waals surface area contributed by atoms with Crippen molar-refractivity contribution in [3.05, 3.63) is 0 Å². The van der Waals surface area contributed by atoms with Crippen LogP contribution < -0.4 is 0 Å². The lowest BCUT2D eigenvalue weighted by atomic mass is 10.1. The number of ether oxygens (including phenoxy) is 2. The van der Waals surface area contributed by atoms with Crippen LogP contribution in [0.5, 0.6) is 0 Å². The maximum Gasteiger partial charge on any atom is 0.509 e. The molecule has 0 radical (unpaired) electrons. The highest BCUT2D eigenvalue weighted by Gasteiger charge is 2.42. The van der Waals surface area contributed by atoms with Crippen LogP contribution in [-0.4, -0.2) is 29.1 Å². The van der Waals surface area contributed by atoms with Crippen LogP contribution in [0.2, 0.25) is 0 Å². The Labute approximate surface area is 118 Å². The molecule has 2 aliphatic rings. The fraction of sp³-hybridized carbons (Fsp3) is 0.923. The monoisotopic (exact) mass is 294 g/mol. The lowest BCUT2D eigenvalue weighted by molar-refractivity contribution is -0.0636. The second-order valence-corrected chi connectivity index (χ2v) is 6.04. The number of carbonyl (C=O) groups excluding carboxylic acids is 1. The van der Waals surface area contributed by atoms with Crippen LogP contribution >= 0.6 is 23.2 Å². The summed E-state index contributed by atoms with van der Waals surface area (Å²) in [5.41, 5.74) is -1.02. The Morgan fingerprint density at radius 1 is 0.833 bits per heavy atom. The molecule has 5 heteroatoms. The van der Waals surface area contributed by atoms with Crippen LogP contribution in [0.1, 0.15) is 51.4 Å². The minimum Gasteiger partial charge on any atom is -0.426 e. The van der Waals surface area contributed by atoms with Gasteiger partial charge >= 0.3 is 6.16 Å². The van der Waals surface area contributed by atoms with E-state index < -0.39 is 17.4 Å². The Kier molecular flexibility index (Phi) is 4.65. The predicted molar refractivity (Wildman–Crippen MR) is 71.4 cm³/mol. The summed E-state index contributed by atoms with van der Waals surface area (Å²) in [6, 6.07) is 0. The molecule has 2 aliphatic carbocycles. The molecule has 0 aromatic heterocycles. The highest BCUT2D eigenvalue weighted by molar-refractivity contribution is 6.19. The minimum atomic E-state index is -0.597. The van der Waals surface area contributed by atoms with Gasteiger partial charge in [0.25, 0.3) is 0 Å².